The Kier molecular flexibility index (Phi) is 5.94. The summed E-state index contributed by atoms with van der Waals surface area (Å²) in [7, 11) is 0. The van der Waals surface area contributed by atoms with Gasteiger partial charge in [0.1, 0.15) is 18.5 Å². The number of benzene rings is 1. The lowest BCUT2D eigenvalue weighted by atomic mass is 10.1. The van der Waals surface area contributed by atoms with Crippen molar-refractivity contribution in [3.8, 4) is 5.75 Å². The molecular weight excluding hydrogens is 282 g/mol. The van der Waals surface area contributed by atoms with Crippen molar-refractivity contribution in [2.75, 3.05) is 26.2 Å². The number of rotatable bonds is 6. The molecule has 5 heteroatoms. The second-order valence-corrected chi connectivity index (χ2v) is 5.99. The molecule has 2 rings (SSSR count). The van der Waals surface area contributed by atoms with E-state index in [9.17, 15) is 9.90 Å². The van der Waals surface area contributed by atoms with E-state index >= 15 is 0 Å². The van der Waals surface area contributed by atoms with Gasteiger partial charge in [-0.2, -0.15) is 0 Å². The van der Waals surface area contributed by atoms with Crippen molar-refractivity contribution < 1.29 is 19.4 Å². The molecule has 0 bridgehead atoms. The van der Waals surface area contributed by atoms with Crippen LogP contribution >= 0.6 is 0 Å². The van der Waals surface area contributed by atoms with E-state index in [4.69, 9.17) is 9.47 Å². The number of ether oxygens (including phenoxy) is 2. The van der Waals surface area contributed by atoms with E-state index in [-0.39, 0.29) is 24.6 Å². The lowest BCUT2D eigenvalue weighted by molar-refractivity contribution is -0.0787. The molecule has 0 spiro atoms. The minimum absolute atomic E-state index is 0.0408. The van der Waals surface area contributed by atoms with Crippen LogP contribution in [0.15, 0.2) is 24.3 Å². The molecule has 1 fully saturated rings. The van der Waals surface area contributed by atoms with E-state index in [2.05, 4.69) is 4.90 Å². The van der Waals surface area contributed by atoms with Crippen LogP contribution in [-0.2, 0) is 4.74 Å². The Morgan fingerprint density at radius 3 is 2.64 bits per heavy atom. The van der Waals surface area contributed by atoms with Crippen molar-refractivity contribution in [2.24, 2.45) is 0 Å². The summed E-state index contributed by atoms with van der Waals surface area (Å²) in [6.07, 6.45) is -0.247. The van der Waals surface area contributed by atoms with Gasteiger partial charge in [0.2, 0.25) is 0 Å². The quantitative estimate of drug-likeness (QED) is 0.811. The van der Waals surface area contributed by atoms with Gasteiger partial charge in [0.25, 0.3) is 0 Å². The number of aliphatic hydroxyl groups is 1. The zero-order chi connectivity index (χ0) is 16.1. The van der Waals surface area contributed by atoms with E-state index < -0.39 is 6.10 Å². The predicted octanol–water partition coefficient (Wildman–Crippen LogP) is 1.74. The normalized spacial score (nSPS) is 24.0. The highest BCUT2D eigenvalue weighted by molar-refractivity contribution is 5.96. The van der Waals surface area contributed by atoms with Crippen molar-refractivity contribution in [3.63, 3.8) is 0 Å². The van der Waals surface area contributed by atoms with Crippen LogP contribution in [-0.4, -0.2) is 60.3 Å². The number of Topliss-reactive ketones (excluding diaryl/α,β-unsaturated/α-hetero) is 1. The zero-order valence-electron chi connectivity index (χ0n) is 13.5. The van der Waals surface area contributed by atoms with Gasteiger partial charge in [0.05, 0.1) is 17.8 Å². The molecular formula is C17H25NO4. The maximum atomic E-state index is 11.5. The third-order valence-corrected chi connectivity index (χ3v) is 3.66. The van der Waals surface area contributed by atoms with Crippen molar-refractivity contribution in [2.45, 2.75) is 39.1 Å². The van der Waals surface area contributed by atoms with Gasteiger partial charge in [-0.15, -0.1) is 0 Å². The van der Waals surface area contributed by atoms with E-state index in [1.807, 2.05) is 19.9 Å². The topological polar surface area (TPSA) is 59.0 Å². The van der Waals surface area contributed by atoms with Gasteiger partial charge in [-0.3, -0.25) is 9.69 Å². The fourth-order valence-corrected chi connectivity index (χ4v) is 2.85. The highest BCUT2D eigenvalue weighted by Crippen LogP contribution is 2.19. The van der Waals surface area contributed by atoms with Crippen molar-refractivity contribution in [1.29, 1.82) is 0 Å². The summed E-state index contributed by atoms with van der Waals surface area (Å²) >= 11 is 0. The Hall–Kier alpha value is -1.43. The molecule has 0 unspecified atom stereocenters. The lowest BCUT2D eigenvalue weighted by Crippen LogP contribution is -2.48. The van der Waals surface area contributed by atoms with Crippen LogP contribution in [0.2, 0.25) is 0 Å². The molecule has 1 aromatic rings. The average Bonchev–Trinajstić information content (AvgIpc) is 2.44. The first kappa shape index (κ1) is 16.9. The van der Waals surface area contributed by atoms with E-state index in [0.717, 1.165) is 13.1 Å². The van der Waals surface area contributed by atoms with Crippen LogP contribution in [0.1, 0.15) is 31.1 Å². The predicted molar refractivity (Wildman–Crippen MR) is 84.4 cm³/mol. The molecule has 0 aromatic heterocycles. The van der Waals surface area contributed by atoms with Crippen LogP contribution in [0.4, 0.5) is 0 Å². The number of ketones is 1. The standard InChI is InChI=1S/C17H25NO4/c1-12-8-18(9-13(2)22-12)10-15(20)11-21-17-7-5-4-6-16(17)14(3)19/h4-7,12-13,15,20H,8-11H2,1-3H3/t12-,13+,15-/m0/s1. The highest BCUT2D eigenvalue weighted by Gasteiger charge is 2.24. The number of aliphatic hydroxyl groups excluding tert-OH is 1. The molecule has 22 heavy (non-hydrogen) atoms. The van der Waals surface area contributed by atoms with Gasteiger partial charge in [-0.1, -0.05) is 12.1 Å². The number of hydrogen-bond acceptors (Lipinski definition) is 5. The molecule has 0 aliphatic carbocycles. The fourth-order valence-electron chi connectivity index (χ4n) is 2.85. The Balaban J connectivity index is 1.85. The summed E-state index contributed by atoms with van der Waals surface area (Å²) in [5.74, 6) is 0.485. The number of morpholine rings is 1. The number of carbonyl (C=O) groups excluding carboxylic acids is 1. The first-order valence-corrected chi connectivity index (χ1v) is 7.74. The zero-order valence-corrected chi connectivity index (χ0v) is 13.5. The maximum absolute atomic E-state index is 11.5. The molecule has 1 aliphatic heterocycles. The lowest BCUT2D eigenvalue weighted by Gasteiger charge is -2.36. The number of carbonyl (C=O) groups is 1. The van der Waals surface area contributed by atoms with Crippen molar-refractivity contribution in [3.05, 3.63) is 29.8 Å². The average molecular weight is 307 g/mol. The van der Waals surface area contributed by atoms with E-state index in [1.54, 1.807) is 18.2 Å². The molecule has 0 saturated carbocycles. The van der Waals surface area contributed by atoms with Gasteiger partial charge in [-0.25, -0.2) is 0 Å². The van der Waals surface area contributed by atoms with Gasteiger partial charge >= 0.3 is 0 Å². The Morgan fingerprint density at radius 2 is 2.00 bits per heavy atom. The Morgan fingerprint density at radius 1 is 1.36 bits per heavy atom. The maximum Gasteiger partial charge on any atom is 0.163 e. The number of hydrogen-bond donors (Lipinski definition) is 1. The molecule has 122 valence electrons. The minimum Gasteiger partial charge on any atom is -0.490 e. The molecule has 0 radical (unpaired) electrons. The molecule has 1 N–H and O–H groups in total. The van der Waals surface area contributed by atoms with Crippen LogP contribution in [0.5, 0.6) is 5.75 Å². The highest BCUT2D eigenvalue weighted by atomic mass is 16.5. The minimum atomic E-state index is -0.600. The van der Waals surface area contributed by atoms with E-state index in [0.29, 0.717) is 17.9 Å². The van der Waals surface area contributed by atoms with E-state index in [1.165, 1.54) is 6.92 Å². The summed E-state index contributed by atoms with van der Waals surface area (Å²) in [4.78, 5) is 13.7. The first-order chi connectivity index (χ1) is 10.5. The summed E-state index contributed by atoms with van der Waals surface area (Å²) in [6.45, 7) is 7.92. The van der Waals surface area contributed by atoms with Gasteiger partial charge in [0, 0.05) is 19.6 Å². The van der Waals surface area contributed by atoms with Crippen LogP contribution in [0, 0.1) is 0 Å². The van der Waals surface area contributed by atoms with Crippen molar-refractivity contribution >= 4 is 5.78 Å². The molecule has 1 heterocycles. The molecule has 5 nitrogen and oxygen atoms in total. The number of para-hydroxylation sites is 1. The fraction of sp³-hybridized carbons (Fsp3) is 0.588. The smallest absolute Gasteiger partial charge is 0.163 e. The monoisotopic (exact) mass is 307 g/mol. The number of nitrogens with zero attached hydrogens (tertiary/aromatic N) is 1. The molecule has 3 atom stereocenters. The molecule has 1 aliphatic rings. The molecule has 1 saturated heterocycles. The van der Waals surface area contributed by atoms with Crippen LogP contribution in [0.3, 0.4) is 0 Å². The third kappa shape index (κ3) is 4.80. The summed E-state index contributed by atoms with van der Waals surface area (Å²) in [5, 5.41) is 10.2. The molecule has 1 aromatic carbocycles. The third-order valence-electron chi connectivity index (χ3n) is 3.66. The van der Waals surface area contributed by atoms with Gasteiger partial charge in [0.15, 0.2) is 5.78 Å². The second kappa shape index (κ2) is 7.72. The van der Waals surface area contributed by atoms with Gasteiger partial charge in [-0.05, 0) is 32.9 Å². The Bertz CT molecular complexity index is 495. The van der Waals surface area contributed by atoms with Gasteiger partial charge < -0.3 is 14.6 Å². The SMILES string of the molecule is CC(=O)c1ccccc1OC[C@@H](O)CN1C[C@@H](C)O[C@@H](C)C1. The summed E-state index contributed by atoms with van der Waals surface area (Å²) in [6, 6.07) is 7.10. The summed E-state index contributed by atoms with van der Waals surface area (Å²) < 4.78 is 11.3. The second-order valence-electron chi connectivity index (χ2n) is 5.99. The molecule has 0 amide bonds. The Labute approximate surface area is 131 Å². The van der Waals surface area contributed by atoms with Crippen LogP contribution in [0.25, 0.3) is 0 Å². The van der Waals surface area contributed by atoms with Crippen LogP contribution < -0.4 is 4.74 Å². The van der Waals surface area contributed by atoms with Crippen molar-refractivity contribution in [1.82, 2.24) is 4.90 Å². The number of β-amino-alcohol motifs (C(OH)–C–C–N with tert-alkyl or cyclic N) is 1. The first-order valence-electron chi connectivity index (χ1n) is 7.74. The largest absolute Gasteiger partial charge is 0.490 e. The summed E-state index contributed by atoms with van der Waals surface area (Å²) in [5.41, 5.74) is 0.545.